The van der Waals surface area contributed by atoms with Crippen molar-refractivity contribution < 1.29 is 12.8 Å². The van der Waals surface area contributed by atoms with Crippen molar-refractivity contribution in [2.45, 2.75) is 31.2 Å². The second kappa shape index (κ2) is 4.47. The first kappa shape index (κ1) is 13.7. The summed E-state index contributed by atoms with van der Waals surface area (Å²) in [6.45, 7) is 5.02. The first-order valence-corrected chi connectivity index (χ1v) is 6.44. The van der Waals surface area contributed by atoms with Crippen molar-refractivity contribution in [1.29, 1.82) is 0 Å². The van der Waals surface area contributed by atoms with Gasteiger partial charge in [0, 0.05) is 11.1 Å². The van der Waals surface area contributed by atoms with Crippen LogP contribution < -0.4 is 4.72 Å². The topological polar surface area (TPSA) is 46.2 Å². The van der Waals surface area contributed by atoms with Gasteiger partial charge in [0.15, 0.2) is 0 Å². The third-order valence-corrected chi connectivity index (χ3v) is 3.60. The number of nitrogens with one attached hydrogen (secondary N) is 1. The Balaban J connectivity index is 3.29. The van der Waals surface area contributed by atoms with E-state index in [1.54, 1.807) is 20.8 Å². The van der Waals surface area contributed by atoms with Crippen molar-refractivity contribution >= 4 is 10.0 Å². The third kappa shape index (κ3) is 3.55. The smallest absolute Gasteiger partial charge is 0.207 e. The van der Waals surface area contributed by atoms with Gasteiger partial charge in [-0.05, 0) is 39.0 Å². The van der Waals surface area contributed by atoms with Gasteiger partial charge in [0.1, 0.15) is 10.7 Å². The number of rotatable bonds is 2. The van der Waals surface area contributed by atoms with Crippen LogP contribution in [0.4, 0.5) is 4.39 Å². The lowest BCUT2D eigenvalue weighted by atomic mass is 10.1. The zero-order chi connectivity index (χ0) is 13.3. The predicted molar refractivity (Wildman–Crippen MR) is 64.4 cm³/mol. The molecule has 1 aromatic rings. The van der Waals surface area contributed by atoms with Crippen LogP contribution in [0.15, 0.2) is 23.1 Å². The monoisotopic (exact) mass is 255 g/mol. The number of halogens is 1. The van der Waals surface area contributed by atoms with Crippen molar-refractivity contribution in [2.75, 3.05) is 0 Å². The molecule has 1 aromatic carbocycles. The van der Waals surface area contributed by atoms with E-state index in [0.717, 1.165) is 12.1 Å². The third-order valence-electron chi connectivity index (χ3n) is 1.83. The van der Waals surface area contributed by atoms with Crippen molar-refractivity contribution in [1.82, 2.24) is 4.72 Å². The summed E-state index contributed by atoms with van der Waals surface area (Å²) >= 11 is 0. The Labute approximate surface area is 101 Å². The minimum atomic E-state index is -3.90. The average Bonchev–Trinajstić information content (AvgIpc) is 2.14. The molecule has 92 valence electrons. The minimum absolute atomic E-state index is 0.320. The summed E-state index contributed by atoms with van der Waals surface area (Å²) in [5.74, 6) is 1.45. The maximum absolute atomic E-state index is 13.5. The molecule has 0 aliphatic heterocycles. The van der Waals surface area contributed by atoms with E-state index >= 15 is 0 Å². The number of benzene rings is 1. The summed E-state index contributed by atoms with van der Waals surface area (Å²) < 4.78 is 39.7. The van der Waals surface area contributed by atoms with Gasteiger partial charge in [0.05, 0.1) is 0 Å². The second-order valence-corrected chi connectivity index (χ2v) is 6.30. The van der Waals surface area contributed by atoms with Gasteiger partial charge < -0.3 is 0 Å². The van der Waals surface area contributed by atoms with Gasteiger partial charge in [-0.25, -0.2) is 17.5 Å². The lowest BCUT2D eigenvalue weighted by Gasteiger charge is -2.20. The molecule has 0 unspecified atom stereocenters. The summed E-state index contributed by atoms with van der Waals surface area (Å²) in [7, 11) is -3.90. The van der Waals surface area contributed by atoms with Gasteiger partial charge in [0.2, 0.25) is 10.0 Å². The standard InChI is InChI=1S/C12H14FNO2S/c1-5-9-6-7-10(13)11(8-9)17(15,16)14-12(2,3)4/h1,6-8,14H,2-4H3. The highest BCUT2D eigenvalue weighted by atomic mass is 32.2. The molecule has 5 heteroatoms. The molecule has 0 saturated carbocycles. The fourth-order valence-electron chi connectivity index (χ4n) is 1.26. The fourth-order valence-corrected chi connectivity index (χ4v) is 2.78. The summed E-state index contributed by atoms with van der Waals surface area (Å²) in [5, 5.41) is 0. The van der Waals surface area contributed by atoms with Gasteiger partial charge in [-0.15, -0.1) is 6.42 Å². The summed E-state index contributed by atoms with van der Waals surface area (Å²) in [6.07, 6.45) is 5.15. The van der Waals surface area contributed by atoms with Gasteiger partial charge >= 0.3 is 0 Å². The van der Waals surface area contributed by atoms with Crippen LogP contribution in [0.1, 0.15) is 26.3 Å². The lowest BCUT2D eigenvalue weighted by Crippen LogP contribution is -2.40. The van der Waals surface area contributed by atoms with E-state index in [1.807, 2.05) is 0 Å². The molecule has 1 N–H and O–H groups in total. The normalized spacial score (nSPS) is 12.2. The van der Waals surface area contributed by atoms with Crippen LogP contribution in [0.2, 0.25) is 0 Å². The first-order chi connectivity index (χ1) is 7.65. The van der Waals surface area contributed by atoms with E-state index in [1.165, 1.54) is 6.07 Å². The Kier molecular flexibility index (Phi) is 3.60. The molecular weight excluding hydrogens is 241 g/mol. The first-order valence-electron chi connectivity index (χ1n) is 4.96. The van der Waals surface area contributed by atoms with Crippen LogP contribution in [-0.2, 0) is 10.0 Å². The van der Waals surface area contributed by atoms with Gasteiger partial charge in [-0.1, -0.05) is 5.92 Å². The Morgan fingerprint density at radius 2 is 1.94 bits per heavy atom. The van der Waals surface area contributed by atoms with Crippen molar-refractivity contribution in [2.24, 2.45) is 0 Å². The molecule has 0 radical (unpaired) electrons. The van der Waals surface area contributed by atoms with E-state index in [9.17, 15) is 12.8 Å². The number of hydrogen-bond acceptors (Lipinski definition) is 2. The Hall–Kier alpha value is -1.38. The van der Waals surface area contributed by atoms with Crippen molar-refractivity contribution in [3.8, 4) is 12.3 Å². The van der Waals surface area contributed by atoms with Gasteiger partial charge in [-0.3, -0.25) is 0 Å². The predicted octanol–water partition coefficient (Wildman–Crippen LogP) is 1.88. The van der Waals surface area contributed by atoms with E-state index in [-0.39, 0.29) is 0 Å². The molecule has 0 amide bonds. The highest BCUT2D eigenvalue weighted by Gasteiger charge is 2.25. The molecule has 0 aliphatic rings. The molecule has 0 aromatic heterocycles. The maximum Gasteiger partial charge on any atom is 0.244 e. The molecule has 0 atom stereocenters. The van der Waals surface area contributed by atoms with Gasteiger partial charge in [0.25, 0.3) is 0 Å². The molecule has 17 heavy (non-hydrogen) atoms. The zero-order valence-electron chi connectivity index (χ0n) is 9.91. The van der Waals surface area contributed by atoms with Crippen molar-refractivity contribution in [3.63, 3.8) is 0 Å². The molecule has 3 nitrogen and oxygen atoms in total. The molecule has 0 aliphatic carbocycles. The van der Waals surface area contributed by atoms with E-state index in [0.29, 0.717) is 5.56 Å². The summed E-state index contributed by atoms with van der Waals surface area (Å²) in [5.41, 5.74) is -0.363. The van der Waals surface area contributed by atoms with Crippen LogP contribution in [-0.4, -0.2) is 14.0 Å². The quantitative estimate of drug-likeness (QED) is 0.820. The van der Waals surface area contributed by atoms with Crippen LogP contribution in [0.25, 0.3) is 0 Å². The molecular formula is C12H14FNO2S. The van der Waals surface area contributed by atoms with Crippen LogP contribution in [0.5, 0.6) is 0 Å². The van der Waals surface area contributed by atoms with E-state index < -0.39 is 26.3 Å². The highest BCUT2D eigenvalue weighted by molar-refractivity contribution is 7.89. The zero-order valence-corrected chi connectivity index (χ0v) is 10.7. The highest BCUT2D eigenvalue weighted by Crippen LogP contribution is 2.18. The molecule has 0 spiro atoms. The fraction of sp³-hybridized carbons (Fsp3) is 0.333. The van der Waals surface area contributed by atoms with E-state index in [2.05, 4.69) is 10.6 Å². The summed E-state index contributed by atoms with van der Waals surface area (Å²) in [6, 6.07) is 3.54. The molecule has 0 saturated heterocycles. The molecule has 0 bridgehead atoms. The minimum Gasteiger partial charge on any atom is -0.207 e. The van der Waals surface area contributed by atoms with Crippen LogP contribution in [0, 0.1) is 18.2 Å². The Bertz CT molecular complexity index is 565. The maximum atomic E-state index is 13.5. The Morgan fingerprint density at radius 1 is 1.35 bits per heavy atom. The largest absolute Gasteiger partial charge is 0.244 e. The lowest BCUT2D eigenvalue weighted by molar-refractivity contribution is 0.486. The van der Waals surface area contributed by atoms with Gasteiger partial charge in [-0.2, -0.15) is 0 Å². The SMILES string of the molecule is C#Cc1ccc(F)c(S(=O)(=O)NC(C)(C)C)c1. The summed E-state index contributed by atoms with van der Waals surface area (Å²) in [4.78, 5) is -0.428. The molecule has 1 rings (SSSR count). The van der Waals surface area contributed by atoms with Crippen molar-refractivity contribution in [3.05, 3.63) is 29.6 Å². The van der Waals surface area contributed by atoms with Crippen LogP contribution >= 0.6 is 0 Å². The number of sulfonamides is 1. The number of terminal acetylenes is 1. The van der Waals surface area contributed by atoms with E-state index in [4.69, 9.17) is 6.42 Å². The molecule has 0 heterocycles. The average molecular weight is 255 g/mol. The Morgan fingerprint density at radius 3 is 2.41 bits per heavy atom. The molecule has 0 fully saturated rings. The number of hydrogen-bond donors (Lipinski definition) is 1. The second-order valence-electron chi connectivity index (χ2n) is 4.65. The van der Waals surface area contributed by atoms with Crippen LogP contribution in [0.3, 0.4) is 0 Å².